The van der Waals surface area contributed by atoms with Crippen molar-refractivity contribution in [1.82, 2.24) is 9.97 Å². The van der Waals surface area contributed by atoms with Crippen molar-refractivity contribution in [3.8, 4) is 0 Å². The summed E-state index contributed by atoms with van der Waals surface area (Å²) in [6, 6.07) is 0.546. The number of aromatic nitrogens is 2. The lowest BCUT2D eigenvalue weighted by Crippen LogP contribution is -2.11. The summed E-state index contributed by atoms with van der Waals surface area (Å²) in [4.78, 5) is 8.66. The SMILES string of the molecule is Cc1cnc(NC2CC2(C)C)nc1C. The van der Waals surface area contributed by atoms with Gasteiger partial charge in [0, 0.05) is 17.9 Å². The van der Waals surface area contributed by atoms with Crippen molar-refractivity contribution in [2.45, 2.75) is 40.2 Å². The van der Waals surface area contributed by atoms with Gasteiger partial charge in [0.1, 0.15) is 0 Å². The van der Waals surface area contributed by atoms with Crippen LogP contribution in [0.5, 0.6) is 0 Å². The first kappa shape index (κ1) is 9.44. The molecule has 3 nitrogen and oxygen atoms in total. The minimum atomic E-state index is 0.419. The van der Waals surface area contributed by atoms with Crippen LogP contribution in [0.3, 0.4) is 0 Å². The van der Waals surface area contributed by atoms with Crippen molar-refractivity contribution in [3.63, 3.8) is 0 Å². The van der Waals surface area contributed by atoms with Gasteiger partial charge in [-0.05, 0) is 31.2 Å². The predicted molar refractivity (Wildman–Crippen MR) is 57.3 cm³/mol. The quantitative estimate of drug-likeness (QED) is 0.779. The fourth-order valence-corrected chi connectivity index (χ4v) is 1.47. The Morgan fingerprint density at radius 1 is 1.43 bits per heavy atom. The molecule has 1 aromatic rings. The summed E-state index contributed by atoms with van der Waals surface area (Å²) in [5.41, 5.74) is 2.62. The Labute approximate surface area is 85.0 Å². The molecule has 1 aliphatic carbocycles. The minimum absolute atomic E-state index is 0.419. The summed E-state index contributed by atoms with van der Waals surface area (Å²) in [6.07, 6.45) is 3.09. The van der Waals surface area contributed by atoms with Crippen LogP contribution in [0, 0.1) is 19.3 Å². The number of anilines is 1. The molecule has 1 saturated carbocycles. The van der Waals surface area contributed by atoms with Gasteiger partial charge < -0.3 is 5.32 Å². The van der Waals surface area contributed by atoms with Crippen LogP contribution in [-0.4, -0.2) is 16.0 Å². The summed E-state index contributed by atoms with van der Waals surface area (Å²) in [5.74, 6) is 0.767. The average molecular weight is 191 g/mol. The van der Waals surface area contributed by atoms with Crippen molar-refractivity contribution in [2.24, 2.45) is 5.41 Å². The number of rotatable bonds is 2. The van der Waals surface area contributed by atoms with Crippen LogP contribution in [0.15, 0.2) is 6.20 Å². The molecule has 0 radical (unpaired) electrons. The number of aryl methyl sites for hydroxylation is 2. The van der Waals surface area contributed by atoms with E-state index in [1.165, 1.54) is 6.42 Å². The Kier molecular flexibility index (Phi) is 1.98. The maximum absolute atomic E-state index is 4.40. The molecule has 0 aliphatic heterocycles. The lowest BCUT2D eigenvalue weighted by Gasteiger charge is -2.07. The summed E-state index contributed by atoms with van der Waals surface area (Å²) in [6.45, 7) is 8.55. The van der Waals surface area contributed by atoms with E-state index in [9.17, 15) is 0 Å². The van der Waals surface area contributed by atoms with Crippen molar-refractivity contribution in [1.29, 1.82) is 0 Å². The fourth-order valence-electron chi connectivity index (χ4n) is 1.47. The van der Waals surface area contributed by atoms with Crippen molar-refractivity contribution in [3.05, 3.63) is 17.5 Å². The second-order valence-electron chi connectivity index (χ2n) is 4.85. The summed E-state index contributed by atoms with van der Waals surface area (Å²) in [7, 11) is 0. The minimum Gasteiger partial charge on any atom is -0.351 e. The van der Waals surface area contributed by atoms with Crippen molar-refractivity contribution in [2.75, 3.05) is 5.32 Å². The standard InChI is InChI=1S/C11H17N3/c1-7-6-12-10(13-8(7)2)14-9-5-11(9,3)4/h6,9H,5H2,1-4H3,(H,12,13,14). The monoisotopic (exact) mass is 191 g/mol. The van der Waals surface area contributed by atoms with Crippen molar-refractivity contribution < 1.29 is 0 Å². The van der Waals surface area contributed by atoms with Crippen molar-refractivity contribution >= 4 is 5.95 Å². The average Bonchev–Trinajstić information content (AvgIpc) is 2.67. The zero-order chi connectivity index (χ0) is 10.3. The molecule has 1 aromatic heterocycles. The number of nitrogens with zero attached hydrogens (tertiary/aromatic N) is 2. The number of hydrogen-bond acceptors (Lipinski definition) is 3. The van der Waals surface area contributed by atoms with Crippen LogP contribution >= 0.6 is 0 Å². The van der Waals surface area contributed by atoms with Gasteiger partial charge in [0.15, 0.2) is 0 Å². The fraction of sp³-hybridized carbons (Fsp3) is 0.636. The summed E-state index contributed by atoms with van der Waals surface area (Å²) in [5, 5.41) is 3.35. The summed E-state index contributed by atoms with van der Waals surface area (Å²) >= 11 is 0. The Morgan fingerprint density at radius 2 is 2.07 bits per heavy atom. The normalized spacial score (nSPS) is 23.3. The highest BCUT2D eigenvalue weighted by molar-refractivity contribution is 5.33. The molecule has 0 amide bonds. The van der Waals surface area contributed by atoms with Crippen LogP contribution in [0.4, 0.5) is 5.95 Å². The zero-order valence-electron chi connectivity index (χ0n) is 9.26. The molecule has 1 aliphatic rings. The van der Waals surface area contributed by atoms with Crippen LogP contribution in [-0.2, 0) is 0 Å². The van der Waals surface area contributed by atoms with Gasteiger partial charge in [-0.25, -0.2) is 9.97 Å². The molecule has 1 N–H and O–H groups in total. The van der Waals surface area contributed by atoms with Crippen LogP contribution < -0.4 is 5.32 Å². The molecule has 1 unspecified atom stereocenters. The van der Waals surface area contributed by atoms with Crippen LogP contribution in [0.2, 0.25) is 0 Å². The van der Waals surface area contributed by atoms with E-state index in [2.05, 4.69) is 29.1 Å². The molecule has 14 heavy (non-hydrogen) atoms. The highest BCUT2D eigenvalue weighted by Gasteiger charge is 2.46. The molecule has 0 spiro atoms. The first-order valence-corrected chi connectivity index (χ1v) is 5.06. The van der Waals surface area contributed by atoms with E-state index in [4.69, 9.17) is 0 Å². The number of hydrogen-bond donors (Lipinski definition) is 1. The molecule has 3 heteroatoms. The molecule has 76 valence electrons. The van der Waals surface area contributed by atoms with Crippen LogP contribution in [0.1, 0.15) is 31.5 Å². The predicted octanol–water partition coefficient (Wildman–Crippen LogP) is 2.30. The highest BCUT2D eigenvalue weighted by atomic mass is 15.1. The van der Waals surface area contributed by atoms with Gasteiger partial charge in [0.25, 0.3) is 0 Å². The molecule has 1 atom stereocenters. The molecule has 2 rings (SSSR count). The lowest BCUT2D eigenvalue weighted by atomic mass is 10.2. The van der Waals surface area contributed by atoms with Gasteiger partial charge in [0.05, 0.1) is 0 Å². The maximum Gasteiger partial charge on any atom is 0.223 e. The van der Waals surface area contributed by atoms with E-state index in [-0.39, 0.29) is 0 Å². The first-order chi connectivity index (χ1) is 6.49. The smallest absolute Gasteiger partial charge is 0.223 e. The third-order valence-corrected chi connectivity index (χ3v) is 3.04. The lowest BCUT2D eigenvalue weighted by molar-refractivity contribution is 0.628. The zero-order valence-corrected chi connectivity index (χ0v) is 9.26. The van der Waals surface area contributed by atoms with Gasteiger partial charge in [-0.2, -0.15) is 0 Å². The molecule has 0 aromatic carbocycles. The van der Waals surface area contributed by atoms with E-state index in [0.29, 0.717) is 11.5 Å². The third kappa shape index (κ3) is 1.72. The van der Waals surface area contributed by atoms with E-state index < -0.39 is 0 Å². The first-order valence-electron chi connectivity index (χ1n) is 5.06. The topological polar surface area (TPSA) is 37.8 Å². The second-order valence-corrected chi connectivity index (χ2v) is 4.85. The van der Waals surface area contributed by atoms with Crippen LogP contribution in [0.25, 0.3) is 0 Å². The maximum atomic E-state index is 4.40. The molecular weight excluding hydrogens is 174 g/mol. The number of nitrogens with one attached hydrogen (secondary N) is 1. The summed E-state index contributed by atoms with van der Waals surface area (Å²) < 4.78 is 0. The van der Waals surface area contributed by atoms with Gasteiger partial charge in [-0.15, -0.1) is 0 Å². The molecule has 1 fully saturated rings. The Bertz CT molecular complexity index is 358. The molecular formula is C11H17N3. The van der Waals surface area contributed by atoms with E-state index >= 15 is 0 Å². The van der Waals surface area contributed by atoms with E-state index in [0.717, 1.165) is 17.2 Å². The van der Waals surface area contributed by atoms with E-state index in [1.54, 1.807) is 0 Å². The Hall–Kier alpha value is -1.12. The van der Waals surface area contributed by atoms with Gasteiger partial charge in [-0.1, -0.05) is 13.8 Å². The molecule has 0 bridgehead atoms. The third-order valence-electron chi connectivity index (χ3n) is 3.04. The Morgan fingerprint density at radius 3 is 2.57 bits per heavy atom. The molecule has 1 heterocycles. The largest absolute Gasteiger partial charge is 0.351 e. The Balaban J connectivity index is 2.08. The van der Waals surface area contributed by atoms with E-state index in [1.807, 2.05) is 20.0 Å². The molecule has 0 saturated heterocycles. The van der Waals surface area contributed by atoms with Gasteiger partial charge >= 0.3 is 0 Å². The highest BCUT2D eigenvalue weighted by Crippen LogP contribution is 2.46. The van der Waals surface area contributed by atoms with Gasteiger partial charge in [0.2, 0.25) is 5.95 Å². The second kappa shape index (κ2) is 2.94. The van der Waals surface area contributed by atoms with Gasteiger partial charge in [-0.3, -0.25) is 0 Å².